The Morgan fingerprint density at radius 1 is 1.17 bits per heavy atom. The van der Waals surface area contributed by atoms with Crippen molar-refractivity contribution in [1.82, 2.24) is 14.0 Å². The number of aromatic nitrogens is 3. The van der Waals surface area contributed by atoms with Crippen molar-refractivity contribution in [2.75, 3.05) is 0 Å². The van der Waals surface area contributed by atoms with Gasteiger partial charge in [-0.3, -0.25) is 9.20 Å². The highest BCUT2D eigenvalue weighted by Gasteiger charge is 2.09. The number of imidazole rings is 1. The normalized spacial score (nSPS) is 11.3. The van der Waals surface area contributed by atoms with Gasteiger partial charge in [0.2, 0.25) is 5.65 Å². The van der Waals surface area contributed by atoms with E-state index in [1.54, 1.807) is 10.6 Å². The van der Waals surface area contributed by atoms with Crippen LogP contribution in [0.25, 0.3) is 5.65 Å². The zero-order valence-corrected chi connectivity index (χ0v) is 14.5. The van der Waals surface area contributed by atoms with Gasteiger partial charge >= 0.3 is 0 Å². The number of aryl methyl sites for hydroxylation is 4. The molecule has 120 valence electrons. The van der Waals surface area contributed by atoms with Crippen LogP contribution < -0.4 is 5.56 Å². The number of benzene rings is 1. The van der Waals surface area contributed by atoms with Crippen LogP contribution in [0.4, 0.5) is 0 Å². The summed E-state index contributed by atoms with van der Waals surface area (Å²) in [7, 11) is 0. The van der Waals surface area contributed by atoms with Crippen LogP contribution in [0.1, 0.15) is 23.4 Å². The van der Waals surface area contributed by atoms with Gasteiger partial charge in [-0.25, -0.2) is 4.98 Å². The maximum atomic E-state index is 12.5. The van der Waals surface area contributed by atoms with Crippen molar-refractivity contribution in [3.8, 4) is 0 Å². The molecule has 23 heavy (non-hydrogen) atoms. The van der Waals surface area contributed by atoms with E-state index in [2.05, 4.69) is 4.98 Å². The van der Waals surface area contributed by atoms with Crippen LogP contribution >= 0.6 is 23.2 Å². The largest absolute Gasteiger partial charge is 0.311 e. The van der Waals surface area contributed by atoms with Gasteiger partial charge in [0.1, 0.15) is 0 Å². The van der Waals surface area contributed by atoms with Crippen molar-refractivity contribution < 1.29 is 0 Å². The van der Waals surface area contributed by atoms with Gasteiger partial charge in [0.05, 0.1) is 5.69 Å². The average Bonchev–Trinajstić information content (AvgIpc) is 2.80. The van der Waals surface area contributed by atoms with Gasteiger partial charge in [0.25, 0.3) is 5.56 Å². The summed E-state index contributed by atoms with van der Waals surface area (Å²) in [5.41, 5.74) is 3.33. The molecule has 6 heteroatoms. The van der Waals surface area contributed by atoms with Crippen molar-refractivity contribution in [3.63, 3.8) is 0 Å². The van der Waals surface area contributed by atoms with Crippen LogP contribution in [0.15, 0.2) is 35.4 Å². The van der Waals surface area contributed by atoms with E-state index in [1.165, 1.54) is 0 Å². The summed E-state index contributed by atoms with van der Waals surface area (Å²) in [5, 5.41) is 1.30. The van der Waals surface area contributed by atoms with E-state index in [9.17, 15) is 4.79 Å². The molecule has 4 nitrogen and oxygen atoms in total. The van der Waals surface area contributed by atoms with E-state index in [1.807, 2.05) is 42.8 Å². The first-order valence-electron chi connectivity index (χ1n) is 7.46. The van der Waals surface area contributed by atoms with Crippen molar-refractivity contribution in [2.45, 2.75) is 33.2 Å². The minimum absolute atomic E-state index is 0.0640. The maximum Gasteiger partial charge on any atom is 0.294 e. The van der Waals surface area contributed by atoms with E-state index >= 15 is 0 Å². The molecule has 1 aromatic carbocycles. The first kappa shape index (κ1) is 16.1. The Balaban J connectivity index is 1.77. The van der Waals surface area contributed by atoms with Gasteiger partial charge in [-0.15, -0.1) is 0 Å². The van der Waals surface area contributed by atoms with Gasteiger partial charge in [0, 0.05) is 34.7 Å². The standard InChI is InChI=1S/C17H17Cl2N3O/c1-11-12(2)22-9-8-21(17(23)16(22)20-11)7-3-4-13-5-6-14(18)10-15(13)19/h5-6,8-10H,3-4,7H2,1-2H3. The van der Waals surface area contributed by atoms with E-state index in [-0.39, 0.29) is 5.56 Å². The number of rotatable bonds is 4. The third-order valence-electron chi connectivity index (χ3n) is 4.09. The molecule has 0 amide bonds. The number of fused-ring (bicyclic) bond motifs is 1. The monoisotopic (exact) mass is 349 g/mol. The fraction of sp³-hybridized carbons (Fsp3) is 0.294. The van der Waals surface area contributed by atoms with E-state index < -0.39 is 0 Å². The fourth-order valence-corrected chi connectivity index (χ4v) is 3.15. The molecule has 0 N–H and O–H groups in total. The fourth-order valence-electron chi connectivity index (χ4n) is 2.64. The Morgan fingerprint density at radius 2 is 1.96 bits per heavy atom. The molecule has 2 heterocycles. The quantitative estimate of drug-likeness (QED) is 0.712. The van der Waals surface area contributed by atoms with Crippen molar-refractivity contribution in [2.24, 2.45) is 0 Å². The molecule has 0 atom stereocenters. The molecule has 0 aliphatic carbocycles. The molecule has 0 spiro atoms. The Kier molecular flexibility index (Phi) is 4.46. The minimum atomic E-state index is -0.0640. The van der Waals surface area contributed by atoms with Crippen LogP contribution in [0.2, 0.25) is 10.0 Å². The lowest BCUT2D eigenvalue weighted by Gasteiger charge is -2.08. The van der Waals surface area contributed by atoms with Gasteiger partial charge < -0.3 is 4.57 Å². The molecular weight excluding hydrogens is 333 g/mol. The zero-order valence-electron chi connectivity index (χ0n) is 13.0. The average molecular weight is 350 g/mol. The van der Waals surface area contributed by atoms with E-state index in [0.717, 1.165) is 29.8 Å². The highest BCUT2D eigenvalue weighted by Crippen LogP contribution is 2.22. The Morgan fingerprint density at radius 3 is 2.70 bits per heavy atom. The molecule has 3 rings (SSSR count). The first-order chi connectivity index (χ1) is 11.0. The highest BCUT2D eigenvalue weighted by molar-refractivity contribution is 6.35. The van der Waals surface area contributed by atoms with Crippen LogP contribution in [0.3, 0.4) is 0 Å². The second kappa shape index (κ2) is 6.38. The number of hydrogen-bond donors (Lipinski definition) is 0. The lowest BCUT2D eigenvalue weighted by Crippen LogP contribution is -2.22. The van der Waals surface area contributed by atoms with Gasteiger partial charge in [-0.05, 0) is 44.4 Å². The molecule has 3 aromatic rings. The second-order valence-electron chi connectivity index (χ2n) is 5.61. The van der Waals surface area contributed by atoms with E-state index in [0.29, 0.717) is 22.2 Å². The molecule has 0 fully saturated rings. The molecule has 0 aliphatic heterocycles. The van der Waals surface area contributed by atoms with Crippen molar-refractivity contribution in [3.05, 3.63) is 67.9 Å². The summed E-state index contributed by atoms with van der Waals surface area (Å²) in [5.74, 6) is 0. The molecule has 0 bridgehead atoms. The van der Waals surface area contributed by atoms with Crippen LogP contribution in [-0.2, 0) is 13.0 Å². The van der Waals surface area contributed by atoms with Crippen molar-refractivity contribution in [1.29, 1.82) is 0 Å². The third-order valence-corrected chi connectivity index (χ3v) is 4.68. The number of nitrogens with zero attached hydrogens (tertiary/aromatic N) is 3. The topological polar surface area (TPSA) is 39.3 Å². The summed E-state index contributed by atoms with van der Waals surface area (Å²) in [6, 6.07) is 5.50. The highest BCUT2D eigenvalue weighted by atomic mass is 35.5. The lowest BCUT2D eigenvalue weighted by atomic mass is 10.1. The predicted octanol–water partition coefficient (Wildman–Crippen LogP) is 4.05. The third kappa shape index (κ3) is 3.14. The molecular formula is C17H17Cl2N3O. The summed E-state index contributed by atoms with van der Waals surface area (Å²) in [4.78, 5) is 16.8. The lowest BCUT2D eigenvalue weighted by molar-refractivity contribution is 0.619. The Bertz CT molecular complexity index is 927. The van der Waals surface area contributed by atoms with Gasteiger partial charge in [-0.1, -0.05) is 29.3 Å². The van der Waals surface area contributed by atoms with Crippen LogP contribution in [0.5, 0.6) is 0 Å². The Hall–Kier alpha value is -1.78. The summed E-state index contributed by atoms with van der Waals surface area (Å²) in [6.45, 7) is 4.50. The maximum absolute atomic E-state index is 12.5. The zero-order chi connectivity index (χ0) is 16.6. The minimum Gasteiger partial charge on any atom is -0.311 e. The summed E-state index contributed by atoms with van der Waals surface area (Å²) < 4.78 is 3.54. The molecule has 0 saturated heterocycles. The van der Waals surface area contributed by atoms with Crippen molar-refractivity contribution >= 4 is 28.8 Å². The predicted molar refractivity (Wildman–Crippen MR) is 93.7 cm³/mol. The molecule has 0 unspecified atom stereocenters. The van der Waals surface area contributed by atoms with E-state index in [4.69, 9.17) is 23.2 Å². The van der Waals surface area contributed by atoms with Crippen LogP contribution in [-0.4, -0.2) is 14.0 Å². The second-order valence-corrected chi connectivity index (χ2v) is 6.46. The molecule has 2 aromatic heterocycles. The Labute approximate surface area is 144 Å². The first-order valence-corrected chi connectivity index (χ1v) is 8.21. The summed E-state index contributed by atoms with van der Waals surface area (Å²) in [6.07, 6.45) is 5.31. The molecule has 0 radical (unpaired) electrons. The number of halogens is 2. The summed E-state index contributed by atoms with van der Waals surface area (Å²) >= 11 is 12.1. The van der Waals surface area contributed by atoms with Gasteiger partial charge in [-0.2, -0.15) is 0 Å². The smallest absolute Gasteiger partial charge is 0.294 e. The van der Waals surface area contributed by atoms with Crippen LogP contribution in [0, 0.1) is 13.8 Å². The molecule has 0 saturated carbocycles. The molecule has 0 aliphatic rings. The number of hydrogen-bond acceptors (Lipinski definition) is 2. The SMILES string of the molecule is Cc1nc2c(=O)n(CCCc3ccc(Cl)cc3Cl)ccn2c1C. The van der Waals surface area contributed by atoms with Gasteiger partial charge in [0.15, 0.2) is 0 Å².